The Morgan fingerprint density at radius 1 is 1.26 bits per heavy atom. The summed E-state index contributed by atoms with van der Waals surface area (Å²) in [6.07, 6.45) is 8.16. The first kappa shape index (κ1) is 19.5. The molecule has 0 radical (unpaired) electrons. The Labute approximate surface area is 160 Å². The van der Waals surface area contributed by atoms with Gasteiger partial charge >= 0.3 is 12.1 Å². The lowest BCUT2D eigenvalue weighted by atomic mass is 10.0. The first-order valence-corrected chi connectivity index (χ1v) is 9.58. The van der Waals surface area contributed by atoms with Crippen LogP contribution in [0.4, 0.5) is 9.59 Å². The summed E-state index contributed by atoms with van der Waals surface area (Å²) in [5.74, 6) is 0. The third kappa shape index (κ3) is 4.91. The summed E-state index contributed by atoms with van der Waals surface area (Å²) in [5.41, 5.74) is 2.72. The van der Waals surface area contributed by atoms with Gasteiger partial charge in [-0.25, -0.2) is 9.59 Å². The fraction of sp³-hybridized carbons (Fsp3) is 0.600. The molecule has 1 aromatic heterocycles. The molecule has 2 heterocycles. The Hall–Kier alpha value is -2.28. The Bertz CT molecular complexity index is 724. The minimum absolute atomic E-state index is 0.0104. The third-order valence-electron chi connectivity index (χ3n) is 4.62. The second kappa shape index (κ2) is 8.17. The van der Waals surface area contributed by atoms with Gasteiger partial charge in [-0.3, -0.25) is 4.57 Å². The molecular weight excluding hydrogens is 346 g/mol. The third-order valence-corrected chi connectivity index (χ3v) is 4.62. The largest absolute Gasteiger partial charge is 0.444 e. The van der Waals surface area contributed by atoms with Gasteiger partial charge in [0, 0.05) is 31.5 Å². The number of alkyl carbamates (subject to hydrolysis) is 1. The molecule has 0 aromatic carbocycles. The zero-order chi connectivity index (χ0) is 19.4. The van der Waals surface area contributed by atoms with Crippen molar-refractivity contribution in [3.8, 4) is 0 Å². The maximum absolute atomic E-state index is 12.9. The van der Waals surface area contributed by atoms with Gasteiger partial charge in [0.2, 0.25) is 0 Å². The molecule has 1 N–H and O–H groups in total. The van der Waals surface area contributed by atoms with E-state index < -0.39 is 11.7 Å². The van der Waals surface area contributed by atoms with Gasteiger partial charge in [-0.2, -0.15) is 0 Å². The lowest BCUT2D eigenvalue weighted by Gasteiger charge is -2.27. The van der Waals surface area contributed by atoms with Crippen molar-refractivity contribution in [1.82, 2.24) is 14.8 Å². The first-order valence-electron chi connectivity index (χ1n) is 9.58. The van der Waals surface area contributed by atoms with Gasteiger partial charge in [0.05, 0.1) is 13.2 Å². The van der Waals surface area contributed by atoms with Crippen LogP contribution in [0.3, 0.4) is 0 Å². The highest BCUT2D eigenvalue weighted by molar-refractivity contribution is 5.80. The van der Waals surface area contributed by atoms with Gasteiger partial charge in [0.1, 0.15) is 5.60 Å². The molecule has 1 aromatic rings. The van der Waals surface area contributed by atoms with E-state index in [-0.39, 0.29) is 6.03 Å². The maximum atomic E-state index is 12.9. The van der Waals surface area contributed by atoms with E-state index in [4.69, 9.17) is 9.47 Å². The predicted molar refractivity (Wildman–Crippen MR) is 103 cm³/mol. The molecule has 2 aliphatic rings. The summed E-state index contributed by atoms with van der Waals surface area (Å²) < 4.78 is 12.4. The Balaban J connectivity index is 1.69. The highest BCUT2D eigenvalue weighted by Gasteiger charge is 2.24. The van der Waals surface area contributed by atoms with E-state index in [2.05, 4.69) is 17.5 Å². The molecular formula is C20H29N3O4. The molecule has 0 saturated carbocycles. The van der Waals surface area contributed by atoms with E-state index in [0.717, 1.165) is 29.7 Å². The van der Waals surface area contributed by atoms with Crippen LogP contribution in [0.5, 0.6) is 0 Å². The van der Waals surface area contributed by atoms with Gasteiger partial charge in [-0.05, 0) is 51.2 Å². The number of carbonyl (C=O) groups excluding carboxylic acids is 2. The normalized spacial score (nSPS) is 16.8. The molecule has 0 atom stereocenters. The van der Waals surface area contributed by atoms with Crippen molar-refractivity contribution >= 4 is 18.2 Å². The number of nitrogens with zero attached hydrogens (tertiary/aromatic N) is 2. The number of nitrogens with one attached hydrogen (secondary N) is 1. The summed E-state index contributed by atoms with van der Waals surface area (Å²) in [6.45, 7) is 8.39. The van der Waals surface area contributed by atoms with Crippen molar-refractivity contribution in [2.45, 2.75) is 45.6 Å². The predicted octanol–water partition coefficient (Wildman–Crippen LogP) is 2.82. The van der Waals surface area contributed by atoms with Gasteiger partial charge in [-0.15, -0.1) is 0 Å². The standard InChI is InChI=1S/C20H29N3O4/c1-20(2,3)27-18(24)21-9-8-15-14-23(17-7-5-4-6-16(15)17)19(25)22-10-12-26-13-11-22/h4,6,14H,5,7-13H2,1-3H3,(H,21,24). The Morgan fingerprint density at radius 3 is 2.70 bits per heavy atom. The Kier molecular flexibility index (Phi) is 5.89. The number of aromatic nitrogens is 1. The van der Waals surface area contributed by atoms with Crippen LogP contribution in [0.1, 0.15) is 44.0 Å². The summed E-state index contributed by atoms with van der Waals surface area (Å²) in [6, 6.07) is 0.0104. The van der Waals surface area contributed by atoms with E-state index in [1.807, 2.05) is 31.9 Å². The van der Waals surface area contributed by atoms with Crippen LogP contribution in [0.25, 0.3) is 6.08 Å². The number of hydrogen-bond donors (Lipinski definition) is 1. The van der Waals surface area contributed by atoms with Crippen molar-refractivity contribution in [1.29, 1.82) is 0 Å². The quantitative estimate of drug-likeness (QED) is 0.882. The fourth-order valence-electron chi connectivity index (χ4n) is 3.39. The zero-order valence-electron chi connectivity index (χ0n) is 16.4. The van der Waals surface area contributed by atoms with E-state index in [9.17, 15) is 9.59 Å². The molecule has 27 heavy (non-hydrogen) atoms. The number of carbonyl (C=O) groups is 2. The smallest absolute Gasteiger partial charge is 0.407 e. The molecule has 0 bridgehead atoms. The SMILES string of the molecule is CC(C)(C)OC(=O)NCCc1cn(C(=O)N2CCOCC2)c2c1C=CCC2. The highest BCUT2D eigenvalue weighted by atomic mass is 16.6. The van der Waals surface area contributed by atoms with Gasteiger partial charge in [0.25, 0.3) is 0 Å². The van der Waals surface area contributed by atoms with Crippen molar-refractivity contribution in [2.75, 3.05) is 32.8 Å². The molecule has 2 amide bonds. The summed E-state index contributed by atoms with van der Waals surface area (Å²) >= 11 is 0. The lowest BCUT2D eigenvalue weighted by Crippen LogP contribution is -2.43. The monoisotopic (exact) mass is 375 g/mol. The molecule has 1 aliphatic heterocycles. The van der Waals surface area contributed by atoms with E-state index in [1.54, 1.807) is 4.57 Å². The van der Waals surface area contributed by atoms with E-state index >= 15 is 0 Å². The van der Waals surface area contributed by atoms with Crippen LogP contribution in [-0.2, 0) is 22.3 Å². The Morgan fingerprint density at radius 2 is 2.00 bits per heavy atom. The maximum Gasteiger partial charge on any atom is 0.407 e. The number of fused-ring (bicyclic) bond motifs is 1. The average molecular weight is 375 g/mol. The number of hydrogen-bond acceptors (Lipinski definition) is 4. The van der Waals surface area contributed by atoms with Gasteiger partial charge in [-0.1, -0.05) is 12.2 Å². The number of amides is 2. The van der Waals surface area contributed by atoms with Crippen LogP contribution >= 0.6 is 0 Å². The number of allylic oxidation sites excluding steroid dienone is 1. The molecule has 7 heteroatoms. The van der Waals surface area contributed by atoms with Gasteiger partial charge in [0.15, 0.2) is 0 Å². The fourth-order valence-corrected chi connectivity index (χ4v) is 3.39. The number of morpholine rings is 1. The van der Waals surface area contributed by atoms with Crippen LogP contribution in [0.2, 0.25) is 0 Å². The second-order valence-corrected chi connectivity index (χ2v) is 7.89. The van der Waals surface area contributed by atoms with E-state index in [1.165, 1.54) is 0 Å². The number of rotatable bonds is 3. The summed E-state index contributed by atoms with van der Waals surface area (Å²) in [5, 5.41) is 2.79. The van der Waals surface area contributed by atoms with Gasteiger partial charge < -0.3 is 19.7 Å². The zero-order valence-corrected chi connectivity index (χ0v) is 16.4. The molecule has 0 unspecified atom stereocenters. The van der Waals surface area contributed by atoms with Crippen LogP contribution < -0.4 is 5.32 Å². The minimum Gasteiger partial charge on any atom is -0.444 e. The minimum atomic E-state index is -0.514. The van der Waals surface area contributed by atoms with Crippen LogP contribution in [0, 0.1) is 0 Å². The molecule has 0 spiro atoms. The van der Waals surface area contributed by atoms with Crippen molar-refractivity contribution in [3.63, 3.8) is 0 Å². The molecule has 1 aliphatic carbocycles. The van der Waals surface area contributed by atoms with Crippen molar-refractivity contribution in [2.24, 2.45) is 0 Å². The highest BCUT2D eigenvalue weighted by Crippen LogP contribution is 2.26. The lowest BCUT2D eigenvalue weighted by molar-refractivity contribution is 0.0528. The van der Waals surface area contributed by atoms with E-state index in [0.29, 0.717) is 39.3 Å². The van der Waals surface area contributed by atoms with Crippen LogP contribution in [-0.4, -0.2) is 60.0 Å². The van der Waals surface area contributed by atoms with Crippen molar-refractivity contribution < 1.29 is 19.1 Å². The van der Waals surface area contributed by atoms with Crippen LogP contribution in [0.15, 0.2) is 12.3 Å². The summed E-state index contributed by atoms with van der Waals surface area (Å²) in [7, 11) is 0. The number of ether oxygens (including phenoxy) is 2. The molecule has 3 rings (SSSR count). The molecule has 1 saturated heterocycles. The topological polar surface area (TPSA) is 72.8 Å². The summed E-state index contributed by atoms with van der Waals surface area (Å²) in [4.78, 5) is 26.6. The van der Waals surface area contributed by atoms with Crippen molar-refractivity contribution in [3.05, 3.63) is 29.1 Å². The molecule has 1 fully saturated rings. The molecule has 7 nitrogen and oxygen atoms in total. The average Bonchev–Trinajstić information content (AvgIpc) is 2.99. The second-order valence-electron chi connectivity index (χ2n) is 7.89. The first-order chi connectivity index (χ1) is 12.8. The molecule has 148 valence electrons.